The molecule has 2 N–H and O–H groups in total. The van der Waals surface area contributed by atoms with Crippen LogP contribution in [0.2, 0.25) is 0 Å². The highest BCUT2D eigenvalue weighted by atomic mass is 16.4. The van der Waals surface area contributed by atoms with Gasteiger partial charge in [0.05, 0.1) is 12.5 Å². The number of rotatable bonds is 3. The molecule has 0 aliphatic heterocycles. The number of aliphatic hydroxyl groups excluding tert-OH is 1. The summed E-state index contributed by atoms with van der Waals surface area (Å²) in [6, 6.07) is 7.01. The third-order valence-electron chi connectivity index (χ3n) is 1.85. The summed E-state index contributed by atoms with van der Waals surface area (Å²) >= 11 is 0. The molecule has 3 nitrogen and oxygen atoms in total. The van der Waals surface area contributed by atoms with Crippen LogP contribution in [0.1, 0.15) is 24.2 Å². The van der Waals surface area contributed by atoms with E-state index in [1.807, 2.05) is 0 Å². The first-order valence-corrected chi connectivity index (χ1v) is 4.09. The molecular formula is C10H12O3. The van der Waals surface area contributed by atoms with E-state index in [4.69, 9.17) is 5.11 Å². The molecule has 0 heterocycles. The number of benzene rings is 1. The Morgan fingerprint density at radius 3 is 2.62 bits per heavy atom. The summed E-state index contributed by atoms with van der Waals surface area (Å²) in [6.45, 7) is 1.63. The van der Waals surface area contributed by atoms with E-state index in [9.17, 15) is 9.90 Å². The van der Waals surface area contributed by atoms with Crippen molar-refractivity contribution in [1.29, 1.82) is 0 Å². The van der Waals surface area contributed by atoms with Gasteiger partial charge in [0.15, 0.2) is 0 Å². The van der Waals surface area contributed by atoms with E-state index in [1.54, 1.807) is 31.2 Å². The molecule has 0 aromatic heterocycles. The smallest absolute Gasteiger partial charge is 0.307 e. The molecule has 0 spiro atoms. The van der Waals surface area contributed by atoms with Crippen LogP contribution in [0.3, 0.4) is 0 Å². The molecule has 1 aromatic rings. The molecule has 0 saturated carbocycles. The van der Waals surface area contributed by atoms with E-state index < -0.39 is 12.1 Å². The van der Waals surface area contributed by atoms with Gasteiger partial charge in [-0.2, -0.15) is 0 Å². The van der Waals surface area contributed by atoms with Gasteiger partial charge in [-0.05, 0) is 18.1 Å². The maximum Gasteiger partial charge on any atom is 0.307 e. The number of carboxylic acids is 1. The van der Waals surface area contributed by atoms with E-state index >= 15 is 0 Å². The highest BCUT2D eigenvalue weighted by molar-refractivity contribution is 5.70. The zero-order valence-corrected chi connectivity index (χ0v) is 7.40. The lowest BCUT2D eigenvalue weighted by Crippen LogP contribution is -2.05. The zero-order chi connectivity index (χ0) is 9.84. The second-order valence-corrected chi connectivity index (χ2v) is 2.95. The van der Waals surface area contributed by atoms with Gasteiger partial charge in [-0.15, -0.1) is 0 Å². The largest absolute Gasteiger partial charge is 0.481 e. The predicted molar refractivity (Wildman–Crippen MR) is 48.4 cm³/mol. The molecule has 0 aliphatic carbocycles. The van der Waals surface area contributed by atoms with Crippen LogP contribution >= 0.6 is 0 Å². The van der Waals surface area contributed by atoms with Gasteiger partial charge in [-0.3, -0.25) is 4.79 Å². The van der Waals surface area contributed by atoms with Crippen LogP contribution in [0.25, 0.3) is 0 Å². The summed E-state index contributed by atoms with van der Waals surface area (Å²) in [7, 11) is 0. The Bertz CT molecular complexity index is 305. The van der Waals surface area contributed by atoms with Crippen molar-refractivity contribution in [1.82, 2.24) is 0 Å². The maximum absolute atomic E-state index is 10.5. The molecule has 0 saturated heterocycles. The van der Waals surface area contributed by atoms with Gasteiger partial charge >= 0.3 is 5.97 Å². The average Bonchev–Trinajstić information content (AvgIpc) is 2.03. The summed E-state index contributed by atoms with van der Waals surface area (Å²) in [5.41, 5.74) is 1.36. The van der Waals surface area contributed by atoms with Gasteiger partial charge in [0.2, 0.25) is 0 Å². The monoisotopic (exact) mass is 180 g/mol. The maximum atomic E-state index is 10.5. The van der Waals surface area contributed by atoms with E-state index in [2.05, 4.69) is 0 Å². The van der Waals surface area contributed by atoms with Gasteiger partial charge < -0.3 is 10.2 Å². The molecule has 1 atom stereocenters. The minimum atomic E-state index is -0.881. The Morgan fingerprint density at radius 1 is 1.46 bits per heavy atom. The Labute approximate surface area is 76.6 Å². The van der Waals surface area contributed by atoms with Gasteiger partial charge in [-0.1, -0.05) is 24.3 Å². The molecule has 1 aromatic carbocycles. The first kappa shape index (κ1) is 9.74. The first-order valence-electron chi connectivity index (χ1n) is 4.09. The molecule has 3 heteroatoms. The lowest BCUT2D eigenvalue weighted by Gasteiger charge is -2.09. The number of aliphatic hydroxyl groups is 1. The minimum Gasteiger partial charge on any atom is -0.481 e. The summed E-state index contributed by atoms with van der Waals surface area (Å²) < 4.78 is 0. The fourth-order valence-corrected chi connectivity index (χ4v) is 1.27. The molecule has 13 heavy (non-hydrogen) atoms. The molecular weight excluding hydrogens is 168 g/mol. The zero-order valence-electron chi connectivity index (χ0n) is 7.40. The average molecular weight is 180 g/mol. The standard InChI is InChI=1S/C10H12O3/c1-7(11)9-5-3-2-4-8(9)6-10(12)13/h2-5,7,11H,6H2,1H3,(H,12,13). The van der Waals surface area contributed by atoms with Gasteiger partial charge in [0.25, 0.3) is 0 Å². The van der Waals surface area contributed by atoms with Gasteiger partial charge in [0.1, 0.15) is 0 Å². The van der Waals surface area contributed by atoms with Crippen molar-refractivity contribution in [3.63, 3.8) is 0 Å². The van der Waals surface area contributed by atoms with Crippen molar-refractivity contribution in [2.75, 3.05) is 0 Å². The van der Waals surface area contributed by atoms with E-state index in [0.717, 1.165) is 0 Å². The SMILES string of the molecule is CC(O)c1ccccc1CC(=O)O. The number of hydrogen-bond acceptors (Lipinski definition) is 2. The highest BCUT2D eigenvalue weighted by Crippen LogP contribution is 2.17. The summed E-state index contributed by atoms with van der Waals surface area (Å²) in [4.78, 5) is 10.5. The molecule has 1 rings (SSSR count). The topological polar surface area (TPSA) is 57.5 Å². The molecule has 0 fully saturated rings. The summed E-state index contributed by atoms with van der Waals surface area (Å²) in [6.07, 6.45) is -0.656. The molecule has 0 aliphatic rings. The molecule has 0 amide bonds. The molecule has 0 radical (unpaired) electrons. The van der Waals surface area contributed by atoms with Crippen molar-refractivity contribution < 1.29 is 15.0 Å². The summed E-state index contributed by atoms with van der Waals surface area (Å²) in [5, 5.41) is 17.9. The normalized spacial score (nSPS) is 12.5. The quantitative estimate of drug-likeness (QED) is 0.738. The second-order valence-electron chi connectivity index (χ2n) is 2.95. The van der Waals surface area contributed by atoms with Crippen LogP contribution in [-0.4, -0.2) is 16.2 Å². The van der Waals surface area contributed by atoms with Crippen LogP contribution < -0.4 is 0 Å². The second kappa shape index (κ2) is 4.05. The van der Waals surface area contributed by atoms with Crippen molar-refractivity contribution in [3.8, 4) is 0 Å². The van der Waals surface area contributed by atoms with E-state index in [1.165, 1.54) is 0 Å². The number of carboxylic acid groups (broad SMARTS) is 1. The number of aliphatic carboxylic acids is 1. The van der Waals surface area contributed by atoms with Crippen molar-refractivity contribution >= 4 is 5.97 Å². The molecule has 1 unspecified atom stereocenters. The molecule has 0 bridgehead atoms. The summed E-state index contributed by atoms with van der Waals surface area (Å²) in [5.74, 6) is -0.881. The van der Waals surface area contributed by atoms with Crippen LogP contribution in [0.4, 0.5) is 0 Å². The lowest BCUT2D eigenvalue weighted by atomic mass is 10.0. The Kier molecular flexibility index (Phi) is 3.03. The lowest BCUT2D eigenvalue weighted by molar-refractivity contribution is -0.136. The third-order valence-corrected chi connectivity index (χ3v) is 1.85. The first-order chi connectivity index (χ1) is 6.11. The van der Waals surface area contributed by atoms with Crippen LogP contribution in [0.5, 0.6) is 0 Å². The van der Waals surface area contributed by atoms with Crippen molar-refractivity contribution in [2.45, 2.75) is 19.4 Å². The Balaban J connectivity index is 2.97. The fraction of sp³-hybridized carbons (Fsp3) is 0.300. The minimum absolute atomic E-state index is 0.0406. The van der Waals surface area contributed by atoms with Gasteiger partial charge in [0, 0.05) is 0 Å². The van der Waals surface area contributed by atoms with E-state index in [0.29, 0.717) is 11.1 Å². The number of carbonyl (C=O) groups is 1. The highest BCUT2D eigenvalue weighted by Gasteiger charge is 2.09. The van der Waals surface area contributed by atoms with E-state index in [-0.39, 0.29) is 6.42 Å². The van der Waals surface area contributed by atoms with Gasteiger partial charge in [-0.25, -0.2) is 0 Å². The van der Waals surface area contributed by atoms with Crippen LogP contribution in [0, 0.1) is 0 Å². The fourth-order valence-electron chi connectivity index (χ4n) is 1.27. The van der Waals surface area contributed by atoms with Crippen LogP contribution in [0.15, 0.2) is 24.3 Å². The van der Waals surface area contributed by atoms with Crippen molar-refractivity contribution in [3.05, 3.63) is 35.4 Å². The third kappa shape index (κ3) is 2.56. The Hall–Kier alpha value is -1.35. The molecule has 70 valence electrons. The Morgan fingerprint density at radius 2 is 2.08 bits per heavy atom. The predicted octanol–water partition coefficient (Wildman–Crippen LogP) is 1.37. The number of hydrogen-bond donors (Lipinski definition) is 2. The van der Waals surface area contributed by atoms with Crippen molar-refractivity contribution in [2.24, 2.45) is 0 Å². The van der Waals surface area contributed by atoms with Crippen LogP contribution in [-0.2, 0) is 11.2 Å².